The Balaban J connectivity index is 0. The van der Waals surface area contributed by atoms with Gasteiger partial charge in [-0.05, 0) is 24.3 Å². The zero-order valence-corrected chi connectivity index (χ0v) is 10.2. The second-order valence-electron chi connectivity index (χ2n) is 2.43. The van der Waals surface area contributed by atoms with Crippen LogP contribution in [0.1, 0.15) is 0 Å². The second kappa shape index (κ2) is 8.68. The molecule has 0 bridgehead atoms. The Morgan fingerprint density at radius 3 is 1.33 bits per heavy atom. The fraction of sp³-hybridized carbons (Fsp3) is 0. The molecule has 2 aromatic rings. The average Bonchev–Trinajstić information content (AvgIpc) is 2.21. The molecule has 0 fully saturated rings. The molecule has 1 radical (unpaired) electrons. The zero-order chi connectivity index (χ0) is 8.23. The fourth-order valence-electron chi connectivity index (χ4n) is 1.03. The molecule has 2 rings (SSSR count). The first-order valence-electron chi connectivity index (χ1n) is 3.79. The Hall–Kier alpha value is -0.614. The average molecular weight is 286 g/mol. The minimum Gasteiger partial charge on any atom is -1.00 e. The molecule has 0 aliphatic carbocycles. The molecule has 0 atom stereocenters. The predicted octanol–water partition coefficient (Wildman–Crippen LogP) is -3.85. The van der Waals surface area contributed by atoms with Gasteiger partial charge < -0.3 is 24.8 Å². The maximum atomic E-state index is 4.19. The Morgan fingerprint density at radius 2 is 1.07 bits per heavy atom. The van der Waals surface area contributed by atoms with E-state index in [2.05, 4.69) is 9.97 Å². The van der Waals surface area contributed by atoms with Crippen molar-refractivity contribution in [2.24, 2.45) is 0 Å². The van der Waals surface area contributed by atoms with E-state index in [1.165, 1.54) is 0 Å². The SMILES string of the molecule is [Cl-].[Cl-].[Co+2].c1ccc(-c2ccccn2)nc1. The summed E-state index contributed by atoms with van der Waals surface area (Å²) in [6, 6.07) is 11.6. The largest absolute Gasteiger partial charge is 2.00 e. The van der Waals surface area contributed by atoms with Crippen LogP contribution in [0.3, 0.4) is 0 Å². The molecule has 5 heteroatoms. The summed E-state index contributed by atoms with van der Waals surface area (Å²) in [5.41, 5.74) is 1.83. The molecule has 0 unspecified atom stereocenters. The minimum absolute atomic E-state index is 0. The van der Waals surface area contributed by atoms with Crippen molar-refractivity contribution in [1.82, 2.24) is 9.97 Å². The van der Waals surface area contributed by atoms with Crippen LogP contribution < -0.4 is 24.8 Å². The number of nitrogens with zero attached hydrogens (tertiary/aromatic N) is 2. The Bertz CT molecular complexity index is 319. The van der Waals surface area contributed by atoms with E-state index in [-0.39, 0.29) is 41.6 Å². The van der Waals surface area contributed by atoms with E-state index in [0.29, 0.717) is 0 Å². The van der Waals surface area contributed by atoms with Crippen molar-refractivity contribution in [2.75, 3.05) is 0 Å². The smallest absolute Gasteiger partial charge is 1.00 e. The van der Waals surface area contributed by atoms with Gasteiger partial charge in [0, 0.05) is 12.4 Å². The van der Waals surface area contributed by atoms with Crippen molar-refractivity contribution in [3.63, 3.8) is 0 Å². The van der Waals surface area contributed by atoms with Gasteiger partial charge in [-0.2, -0.15) is 0 Å². The van der Waals surface area contributed by atoms with Gasteiger partial charge in [-0.25, -0.2) is 0 Å². The van der Waals surface area contributed by atoms with Crippen LogP contribution in [0.5, 0.6) is 0 Å². The van der Waals surface area contributed by atoms with E-state index in [1.54, 1.807) is 12.4 Å². The van der Waals surface area contributed by atoms with Crippen LogP contribution in [0.2, 0.25) is 0 Å². The van der Waals surface area contributed by atoms with Crippen LogP contribution >= 0.6 is 0 Å². The summed E-state index contributed by atoms with van der Waals surface area (Å²) in [5.74, 6) is 0. The summed E-state index contributed by atoms with van der Waals surface area (Å²) < 4.78 is 0. The van der Waals surface area contributed by atoms with Crippen LogP contribution in [0.4, 0.5) is 0 Å². The van der Waals surface area contributed by atoms with E-state index in [0.717, 1.165) is 11.4 Å². The monoisotopic (exact) mass is 285 g/mol. The summed E-state index contributed by atoms with van der Waals surface area (Å²) in [7, 11) is 0. The van der Waals surface area contributed by atoms with Crippen molar-refractivity contribution in [3.8, 4) is 11.4 Å². The molecule has 2 heterocycles. The van der Waals surface area contributed by atoms with Crippen molar-refractivity contribution >= 4 is 0 Å². The van der Waals surface area contributed by atoms with Crippen molar-refractivity contribution in [2.45, 2.75) is 0 Å². The van der Waals surface area contributed by atoms with Crippen LogP contribution in [0, 0.1) is 0 Å². The number of hydrogen-bond donors (Lipinski definition) is 0. The number of pyridine rings is 2. The third-order valence-electron chi connectivity index (χ3n) is 1.59. The molecule has 0 aromatic carbocycles. The van der Waals surface area contributed by atoms with E-state index in [1.807, 2.05) is 36.4 Å². The van der Waals surface area contributed by atoms with Crippen molar-refractivity contribution in [1.29, 1.82) is 0 Å². The molecule has 15 heavy (non-hydrogen) atoms. The summed E-state index contributed by atoms with van der Waals surface area (Å²) in [6.45, 7) is 0. The predicted molar refractivity (Wildman–Crippen MR) is 47.5 cm³/mol. The Labute approximate surface area is 112 Å². The standard InChI is InChI=1S/C10H8N2.2ClH.Co/c1-3-7-11-9(5-1)10-6-2-4-8-12-10;;;/h1-8H;2*1H;/q;;;+2/p-2. The van der Waals surface area contributed by atoms with Crippen molar-refractivity contribution in [3.05, 3.63) is 48.8 Å². The molecule has 0 aliphatic rings. The molecule has 0 spiro atoms. The van der Waals surface area contributed by atoms with E-state index >= 15 is 0 Å². The molecule has 0 aliphatic heterocycles. The van der Waals surface area contributed by atoms with Gasteiger partial charge in [-0.15, -0.1) is 0 Å². The summed E-state index contributed by atoms with van der Waals surface area (Å²) in [6.07, 6.45) is 3.54. The Morgan fingerprint density at radius 1 is 0.667 bits per heavy atom. The van der Waals surface area contributed by atoms with Gasteiger partial charge >= 0.3 is 16.8 Å². The zero-order valence-electron chi connectivity index (χ0n) is 7.60. The minimum atomic E-state index is 0. The van der Waals surface area contributed by atoms with Gasteiger partial charge in [0.25, 0.3) is 0 Å². The van der Waals surface area contributed by atoms with Crippen LogP contribution in [-0.4, -0.2) is 9.97 Å². The fourth-order valence-corrected chi connectivity index (χ4v) is 1.03. The first-order chi connectivity index (χ1) is 5.97. The van der Waals surface area contributed by atoms with Crippen LogP contribution in [-0.2, 0) is 16.8 Å². The molecule has 2 nitrogen and oxygen atoms in total. The summed E-state index contributed by atoms with van der Waals surface area (Å²) in [4.78, 5) is 8.37. The topological polar surface area (TPSA) is 25.8 Å². The number of hydrogen-bond acceptors (Lipinski definition) is 2. The number of aromatic nitrogens is 2. The van der Waals surface area contributed by atoms with Gasteiger partial charge in [0.15, 0.2) is 0 Å². The Kier molecular flexibility index (Phi) is 9.72. The van der Waals surface area contributed by atoms with Gasteiger partial charge in [-0.3, -0.25) is 9.97 Å². The van der Waals surface area contributed by atoms with Gasteiger partial charge in [0.05, 0.1) is 11.4 Å². The van der Waals surface area contributed by atoms with Gasteiger partial charge in [-0.1, -0.05) is 12.1 Å². The normalized spacial score (nSPS) is 7.73. The molecule has 0 saturated carbocycles. The third-order valence-corrected chi connectivity index (χ3v) is 1.59. The molecule has 81 valence electrons. The van der Waals surface area contributed by atoms with Gasteiger partial charge in [0.1, 0.15) is 0 Å². The molecule has 0 amide bonds. The van der Waals surface area contributed by atoms with E-state index in [4.69, 9.17) is 0 Å². The summed E-state index contributed by atoms with van der Waals surface area (Å²) >= 11 is 0. The molecule has 0 N–H and O–H groups in total. The second-order valence-corrected chi connectivity index (χ2v) is 2.43. The van der Waals surface area contributed by atoms with Gasteiger partial charge in [0.2, 0.25) is 0 Å². The van der Waals surface area contributed by atoms with Crippen LogP contribution in [0.15, 0.2) is 48.8 Å². The maximum absolute atomic E-state index is 4.19. The summed E-state index contributed by atoms with van der Waals surface area (Å²) in [5, 5.41) is 0. The van der Waals surface area contributed by atoms with Crippen LogP contribution in [0.25, 0.3) is 11.4 Å². The number of halogens is 2. The first kappa shape index (κ1) is 16.8. The molecular formula is C10H8Cl2CoN2. The molecule has 2 aromatic heterocycles. The molecule has 0 saturated heterocycles. The maximum Gasteiger partial charge on any atom is 2.00 e. The van der Waals surface area contributed by atoms with Crippen molar-refractivity contribution < 1.29 is 41.6 Å². The van der Waals surface area contributed by atoms with E-state index in [9.17, 15) is 0 Å². The quantitative estimate of drug-likeness (QED) is 0.536. The first-order valence-corrected chi connectivity index (χ1v) is 3.79. The number of rotatable bonds is 1. The third kappa shape index (κ3) is 4.62. The molecular weight excluding hydrogens is 278 g/mol. The van der Waals surface area contributed by atoms with E-state index < -0.39 is 0 Å².